The minimum Gasteiger partial charge on any atom is -0.322 e. The van der Waals surface area contributed by atoms with E-state index in [0.717, 1.165) is 27.1 Å². The molecule has 0 saturated heterocycles. The van der Waals surface area contributed by atoms with Gasteiger partial charge in [0.15, 0.2) is 5.16 Å². The number of thioether (sulfide) groups is 2. The molecule has 0 aliphatic rings. The fraction of sp³-hybridized carbons (Fsp3) is 0.188. The van der Waals surface area contributed by atoms with Crippen molar-refractivity contribution in [3.8, 4) is 0 Å². The molecule has 2 N–H and O–H groups in total. The van der Waals surface area contributed by atoms with Crippen molar-refractivity contribution in [3.05, 3.63) is 46.4 Å². The number of nitrogens with zero attached hydrogens (tertiary/aromatic N) is 2. The maximum atomic E-state index is 11.5. The number of hydrogen-bond donors (Lipinski definition) is 1. The molecule has 1 heterocycles. The van der Waals surface area contributed by atoms with E-state index in [1.54, 1.807) is 41.7 Å². The van der Waals surface area contributed by atoms with E-state index in [2.05, 4.69) is 4.98 Å². The molecule has 0 aliphatic carbocycles. The molecule has 26 heavy (non-hydrogen) atoms. The van der Waals surface area contributed by atoms with Crippen molar-refractivity contribution in [2.75, 3.05) is 11.5 Å². The van der Waals surface area contributed by atoms with Crippen LogP contribution in [0.5, 0.6) is 0 Å². The predicted octanol–water partition coefficient (Wildman–Crippen LogP) is 4.41. The van der Waals surface area contributed by atoms with Gasteiger partial charge >= 0.3 is 0 Å². The second kappa shape index (κ2) is 8.00. The third kappa shape index (κ3) is 4.49. The van der Waals surface area contributed by atoms with Crippen LogP contribution in [0.4, 0.5) is 0 Å². The first-order valence-electron chi connectivity index (χ1n) is 7.45. The van der Waals surface area contributed by atoms with Crippen LogP contribution in [-0.4, -0.2) is 29.5 Å². The highest BCUT2D eigenvalue weighted by molar-refractivity contribution is 8.03. The number of imidazole rings is 1. The summed E-state index contributed by atoms with van der Waals surface area (Å²) in [6, 6.07) is 10.1. The van der Waals surface area contributed by atoms with E-state index in [4.69, 9.17) is 28.3 Å². The molecule has 1 aromatic heterocycles. The topological polar surface area (TPSA) is 78.0 Å². The number of aromatic nitrogens is 2. The standard InChI is InChI=1S/C16H15Cl2N3O2S3/c1-21-14-5-3-11(26(19,22)23)9-13(14)20-16(21)25-7-6-24-15-8-10(17)2-4-12(15)18/h2-5,8-9H,6-7H2,1H3,(H2,19,22,23). The van der Waals surface area contributed by atoms with Crippen LogP contribution in [0.2, 0.25) is 10.0 Å². The van der Waals surface area contributed by atoms with E-state index < -0.39 is 10.0 Å². The molecule has 0 fully saturated rings. The Kier molecular flexibility index (Phi) is 6.11. The molecule has 5 nitrogen and oxygen atoms in total. The van der Waals surface area contributed by atoms with Gasteiger partial charge in [-0.3, -0.25) is 0 Å². The van der Waals surface area contributed by atoms with Gasteiger partial charge in [0.2, 0.25) is 10.0 Å². The van der Waals surface area contributed by atoms with Gasteiger partial charge in [-0.05, 0) is 36.4 Å². The lowest BCUT2D eigenvalue weighted by atomic mass is 10.3. The monoisotopic (exact) mass is 447 g/mol. The number of aryl methyl sites for hydroxylation is 1. The summed E-state index contributed by atoms with van der Waals surface area (Å²) in [4.78, 5) is 5.52. The second-order valence-corrected chi connectivity index (χ2v) is 10.0. The molecule has 0 bridgehead atoms. The second-order valence-electron chi connectivity index (χ2n) is 5.42. The Hall–Kier alpha value is -0.900. The summed E-state index contributed by atoms with van der Waals surface area (Å²) < 4.78 is 24.9. The Bertz CT molecular complexity index is 1070. The molecular formula is C16H15Cl2N3O2S3. The van der Waals surface area contributed by atoms with Crippen LogP contribution in [0.15, 0.2) is 51.3 Å². The number of rotatable bonds is 6. The molecule has 0 spiro atoms. The van der Waals surface area contributed by atoms with Gasteiger partial charge < -0.3 is 4.57 Å². The van der Waals surface area contributed by atoms with Crippen LogP contribution in [0.1, 0.15) is 0 Å². The van der Waals surface area contributed by atoms with Gasteiger partial charge in [-0.15, -0.1) is 11.8 Å². The van der Waals surface area contributed by atoms with Gasteiger partial charge in [0, 0.05) is 28.5 Å². The number of primary sulfonamides is 1. The maximum Gasteiger partial charge on any atom is 0.238 e. The fourth-order valence-electron chi connectivity index (χ4n) is 2.34. The van der Waals surface area contributed by atoms with Crippen molar-refractivity contribution >= 4 is 67.8 Å². The number of sulfonamides is 1. The van der Waals surface area contributed by atoms with Crippen molar-refractivity contribution in [2.24, 2.45) is 12.2 Å². The number of benzene rings is 2. The van der Waals surface area contributed by atoms with Crippen LogP contribution >= 0.6 is 46.7 Å². The molecule has 0 aliphatic heterocycles. The van der Waals surface area contributed by atoms with Crippen molar-refractivity contribution in [2.45, 2.75) is 14.9 Å². The van der Waals surface area contributed by atoms with E-state index in [1.807, 2.05) is 17.7 Å². The van der Waals surface area contributed by atoms with Crippen molar-refractivity contribution in [3.63, 3.8) is 0 Å². The van der Waals surface area contributed by atoms with E-state index in [0.29, 0.717) is 15.6 Å². The summed E-state index contributed by atoms with van der Waals surface area (Å²) in [5.41, 5.74) is 1.46. The maximum absolute atomic E-state index is 11.5. The first-order chi connectivity index (χ1) is 12.3. The van der Waals surface area contributed by atoms with Crippen LogP contribution in [-0.2, 0) is 17.1 Å². The first kappa shape index (κ1) is 19.9. The van der Waals surface area contributed by atoms with Crippen molar-refractivity contribution in [1.29, 1.82) is 0 Å². The molecular weight excluding hydrogens is 433 g/mol. The van der Waals surface area contributed by atoms with Gasteiger partial charge in [-0.2, -0.15) is 0 Å². The molecule has 138 valence electrons. The first-order valence-corrected chi connectivity index (χ1v) is 11.7. The predicted molar refractivity (Wildman–Crippen MR) is 110 cm³/mol. The van der Waals surface area contributed by atoms with Gasteiger partial charge in [0.25, 0.3) is 0 Å². The average Bonchev–Trinajstić information content (AvgIpc) is 2.89. The van der Waals surface area contributed by atoms with E-state index in [-0.39, 0.29) is 4.90 Å². The summed E-state index contributed by atoms with van der Waals surface area (Å²) in [6.07, 6.45) is 0. The fourth-order valence-corrected chi connectivity index (χ4v) is 5.33. The molecule has 0 unspecified atom stereocenters. The molecule has 0 radical (unpaired) electrons. The Morgan fingerprint density at radius 1 is 1.12 bits per heavy atom. The minimum atomic E-state index is -3.74. The van der Waals surface area contributed by atoms with Crippen LogP contribution in [0.3, 0.4) is 0 Å². The number of nitrogens with two attached hydrogens (primary N) is 1. The van der Waals surface area contributed by atoms with Crippen molar-refractivity contribution in [1.82, 2.24) is 9.55 Å². The van der Waals surface area contributed by atoms with Gasteiger partial charge in [0.05, 0.1) is 21.0 Å². The van der Waals surface area contributed by atoms with Crippen molar-refractivity contribution < 1.29 is 8.42 Å². The lowest BCUT2D eigenvalue weighted by Gasteiger charge is -2.05. The zero-order valence-corrected chi connectivity index (χ0v) is 17.6. The van der Waals surface area contributed by atoms with Crippen LogP contribution in [0.25, 0.3) is 11.0 Å². The summed E-state index contributed by atoms with van der Waals surface area (Å²) in [5.74, 6) is 1.64. The molecule has 0 saturated carbocycles. The average molecular weight is 448 g/mol. The van der Waals surface area contributed by atoms with Crippen LogP contribution in [0, 0.1) is 0 Å². The van der Waals surface area contributed by atoms with Gasteiger partial charge in [-0.25, -0.2) is 18.5 Å². The Labute approximate surface area is 170 Å². The highest BCUT2D eigenvalue weighted by Gasteiger charge is 2.13. The zero-order chi connectivity index (χ0) is 18.9. The van der Waals surface area contributed by atoms with Gasteiger partial charge in [0.1, 0.15) is 0 Å². The summed E-state index contributed by atoms with van der Waals surface area (Å²) in [5, 5.41) is 7.33. The highest BCUT2D eigenvalue weighted by atomic mass is 35.5. The Balaban J connectivity index is 1.69. The molecule has 0 atom stereocenters. The third-order valence-corrected chi connectivity index (χ3v) is 7.54. The smallest absolute Gasteiger partial charge is 0.238 e. The highest BCUT2D eigenvalue weighted by Crippen LogP contribution is 2.31. The quantitative estimate of drug-likeness (QED) is 0.447. The third-order valence-electron chi connectivity index (χ3n) is 3.61. The van der Waals surface area contributed by atoms with E-state index in [1.165, 1.54) is 12.1 Å². The number of fused-ring (bicyclic) bond motifs is 1. The molecule has 10 heteroatoms. The molecule has 2 aromatic carbocycles. The Morgan fingerprint density at radius 3 is 2.58 bits per heavy atom. The lowest BCUT2D eigenvalue weighted by molar-refractivity contribution is 0.598. The Morgan fingerprint density at radius 2 is 1.85 bits per heavy atom. The molecule has 3 aromatic rings. The number of hydrogen-bond acceptors (Lipinski definition) is 5. The molecule has 3 rings (SSSR count). The zero-order valence-electron chi connectivity index (χ0n) is 13.6. The SMILES string of the molecule is Cn1c(SCCSc2cc(Cl)ccc2Cl)nc2cc(S(N)(=O)=O)ccc21. The van der Waals surface area contributed by atoms with E-state index in [9.17, 15) is 8.42 Å². The summed E-state index contributed by atoms with van der Waals surface area (Å²) >= 11 is 15.4. The normalized spacial score (nSPS) is 12.0. The largest absolute Gasteiger partial charge is 0.322 e. The van der Waals surface area contributed by atoms with E-state index >= 15 is 0 Å². The summed E-state index contributed by atoms with van der Waals surface area (Å²) in [7, 11) is -1.84. The number of halogens is 2. The van der Waals surface area contributed by atoms with Crippen LogP contribution < -0.4 is 5.14 Å². The minimum absolute atomic E-state index is 0.0609. The van der Waals surface area contributed by atoms with Gasteiger partial charge in [-0.1, -0.05) is 35.0 Å². The molecule has 0 amide bonds. The summed E-state index contributed by atoms with van der Waals surface area (Å²) in [6.45, 7) is 0. The lowest BCUT2D eigenvalue weighted by Crippen LogP contribution is -2.11.